The van der Waals surface area contributed by atoms with E-state index in [4.69, 9.17) is 16.3 Å². The molecule has 162 valence electrons. The highest BCUT2D eigenvalue weighted by Gasteiger charge is 2.31. The zero-order valence-corrected chi connectivity index (χ0v) is 19.6. The molecule has 7 nitrogen and oxygen atoms in total. The minimum atomic E-state index is -3.79. The number of ether oxygens (including phenoxy) is 1. The number of halogens is 1. The Hall–Kier alpha value is -1.59. The largest absolute Gasteiger partial charge is 0.451 e. The average molecular weight is 489 g/mol. The molecule has 1 aromatic carbocycles. The molecule has 2 aromatic rings. The Balaban J connectivity index is 1.66. The second-order valence-corrected chi connectivity index (χ2v) is 11.1. The van der Waals surface area contributed by atoms with Gasteiger partial charge in [-0.2, -0.15) is 16.1 Å². The van der Waals surface area contributed by atoms with Crippen molar-refractivity contribution in [1.82, 2.24) is 4.31 Å². The van der Waals surface area contributed by atoms with Crippen molar-refractivity contribution < 1.29 is 22.7 Å². The average Bonchev–Trinajstić information content (AvgIpc) is 3.20. The van der Waals surface area contributed by atoms with Crippen LogP contribution in [0.3, 0.4) is 0 Å². The number of anilines is 1. The van der Waals surface area contributed by atoms with E-state index in [2.05, 4.69) is 5.32 Å². The maximum atomic E-state index is 12.9. The molecule has 1 amide bonds. The van der Waals surface area contributed by atoms with Gasteiger partial charge in [-0.15, -0.1) is 11.3 Å². The first-order valence-electron chi connectivity index (χ1n) is 9.09. The van der Waals surface area contributed by atoms with Crippen molar-refractivity contribution in [3.8, 4) is 0 Å². The molecule has 1 aliphatic heterocycles. The summed E-state index contributed by atoms with van der Waals surface area (Å²) in [5, 5.41) is 4.54. The van der Waals surface area contributed by atoms with E-state index in [1.807, 2.05) is 19.9 Å². The van der Waals surface area contributed by atoms with Crippen molar-refractivity contribution in [2.24, 2.45) is 0 Å². The summed E-state index contributed by atoms with van der Waals surface area (Å²) in [7, 11) is -3.79. The number of carbonyl (C=O) groups excluding carboxylic acids is 2. The number of nitrogens with zero attached hydrogens (tertiary/aromatic N) is 1. The fourth-order valence-corrected chi connectivity index (χ4v) is 7.25. The molecule has 0 unspecified atom stereocenters. The first kappa shape index (κ1) is 23.1. The summed E-state index contributed by atoms with van der Waals surface area (Å²) < 4.78 is 32.2. The number of aryl methyl sites for hydroxylation is 2. The standard InChI is InChI=1S/C19H21ClN2O5S3/c1-12-9-13(2)17(14(20)10-12)21-16(23)11-27-19(24)18-15(3-6-29-18)30(25,26)22-4-7-28-8-5-22/h3,6,9-10H,4-5,7-8,11H2,1-2H3,(H,21,23). The minimum absolute atomic E-state index is 0.0365. The molecule has 1 saturated heterocycles. The van der Waals surface area contributed by atoms with Crippen molar-refractivity contribution in [2.75, 3.05) is 36.5 Å². The van der Waals surface area contributed by atoms with Gasteiger partial charge < -0.3 is 10.1 Å². The molecule has 0 saturated carbocycles. The van der Waals surface area contributed by atoms with Crippen LogP contribution in [-0.2, 0) is 19.6 Å². The number of nitrogens with one attached hydrogen (secondary N) is 1. The summed E-state index contributed by atoms with van der Waals surface area (Å²) in [6.45, 7) is 3.94. The zero-order chi connectivity index (χ0) is 21.9. The molecule has 2 heterocycles. The number of thiophene rings is 1. The Labute approximate surface area is 188 Å². The van der Waals surface area contributed by atoms with E-state index in [9.17, 15) is 18.0 Å². The van der Waals surface area contributed by atoms with Crippen LogP contribution in [-0.4, -0.2) is 55.8 Å². The lowest BCUT2D eigenvalue weighted by Crippen LogP contribution is -2.38. The lowest BCUT2D eigenvalue weighted by Gasteiger charge is -2.25. The minimum Gasteiger partial charge on any atom is -0.451 e. The molecule has 3 rings (SSSR count). The van der Waals surface area contributed by atoms with E-state index >= 15 is 0 Å². The number of amides is 1. The highest BCUT2D eigenvalue weighted by atomic mass is 35.5. The van der Waals surface area contributed by atoms with Gasteiger partial charge in [0.25, 0.3) is 5.91 Å². The van der Waals surface area contributed by atoms with Gasteiger partial charge in [-0.3, -0.25) is 4.79 Å². The number of hydrogen-bond acceptors (Lipinski definition) is 7. The highest BCUT2D eigenvalue weighted by molar-refractivity contribution is 7.99. The molecular weight excluding hydrogens is 468 g/mol. The number of benzene rings is 1. The summed E-state index contributed by atoms with van der Waals surface area (Å²) >= 11 is 8.83. The van der Waals surface area contributed by atoms with Gasteiger partial charge in [0.05, 0.1) is 10.7 Å². The fourth-order valence-electron chi connectivity index (χ4n) is 3.02. The molecule has 1 fully saturated rings. The van der Waals surface area contributed by atoms with Crippen LogP contribution in [0.1, 0.15) is 20.8 Å². The van der Waals surface area contributed by atoms with Crippen molar-refractivity contribution in [1.29, 1.82) is 0 Å². The van der Waals surface area contributed by atoms with Crippen molar-refractivity contribution in [3.05, 3.63) is 44.6 Å². The van der Waals surface area contributed by atoms with Gasteiger partial charge in [0, 0.05) is 24.6 Å². The molecule has 0 spiro atoms. The maximum Gasteiger partial charge on any atom is 0.350 e. The molecule has 0 radical (unpaired) electrons. The third-order valence-corrected chi connectivity index (χ3v) is 8.64. The Morgan fingerprint density at radius 2 is 1.93 bits per heavy atom. The lowest BCUT2D eigenvalue weighted by molar-refractivity contribution is -0.119. The molecular formula is C19H21ClN2O5S3. The van der Waals surface area contributed by atoms with E-state index in [-0.39, 0.29) is 9.77 Å². The van der Waals surface area contributed by atoms with E-state index in [1.165, 1.54) is 15.8 Å². The molecule has 1 aliphatic rings. The third kappa shape index (κ3) is 5.17. The molecule has 0 aliphatic carbocycles. The van der Waals surface area contributed by atoms with Crippen molar-refractivity contribution >= 4 is 62.3 Å². The van der Waals surface area contributed by atoms with Crippen LogP contribution in [0.25, 0.3) is 0 Å². The number of carbonyl (C=O) groups is 2. The molecule has 0 atom stereocenters. The predicted octanol–water partition coefficient (Wildman–Crippen LogP) is 3.55. The summed E-state index contributed by atoms with van der Waals surface area (Å²) in [6, 6.07) is 4.99. The van der Waals surface area contributed by atoms with Gasteiger partial charge in [-0.05, 0) is 42.5 Å². The van der Waals surface area contributed by atoms with E-state index in [0.717, 1.165) is 22.5 Å². The monoisotopic (exact) mass is 488 g/mol. The number of rotatable bonds is 6. The summed E-state index contributed by atoms with van der Waals surface area (Å²) in [6.07, 6.45) is 0. The predicted molar refractivity (Wildman–Crippen MR) is 120 cm³/mol. The summed E-state index contributed by atoms with van der Waals surface area (Å²) in [4.78, 5) is 24.6. The van der Waals surface area contributed by atoms with E-state index in [0.29, 0.717) is 35.3 Å². The first-order chi connectivity index (χ1) is 14.2. The van der Waals surface area contributed by atoms with Crippen LogP contribution in [0.5, 0.6) is 0 Å². The molecule has 30 heavy (non-hydrogen) atoms. The number of sulfonamides is 1. The molecule has 1 aromatic heterocycles. The number of hydrogen-bond donors (Lipinski definition) is 1. The van der Waals surface area contributed by atoms with Crippen LogP contribution < -0.4 is 5.32 Å². The van der Waals surface area contributed by atoms with Gasteiger partial charge in [0.2, 0.25) is 10.0 Å². The zero-order valence-electron chi connectivity index (χ0n) is 16.4. The van der Waals surface area contributed by atoms with Crippen LogP contribution in [0.2, 0.25) is 5.02 Å². The summed E-state index contributed by atoms with van der Waals surface area (Å²) in [5.41, 5.74) is 2.19. The number of thioether (sulfide) groups is 1. The van der Waals surface area contributed by atoms with E-state index in [1.54, 1.807) is 17.8 Å². The van der Waals surface area contributed by atoms with Crippen LogP contribution in [0.4, 0.5) is 5.69 Å². The topological polar surface area (TPSA) is 92.8 Å². The highest BCUT2D eigenvalue weighted by Crippen LogP contribution is 2.29. The SMILES string of the molecule is Cc1cc(C)c(NC(=O)COC(=O)c2sccc2S(=O)(=O)N2CCSCC2)c(Cl)c1. The first-order valence-corrected chi connectivity index (χ1v) is 12.9. The maximum absolute atomic E-state index is 12.9. The smallest absolute Gasteiger partial charge is 0.350 e. The molecule has 1 N–H and O–H groups in total. The van der Waals surface area contributed by atoms with Crippen LogP contribution in [0.15, 0.2) is 28.5 Å². The molecule has 11 heteroatoms. The van der Waals surface area contributed by atoms with Gasteiger partial charge >= 0.3 is 5.97 Å². The van der Waals surface area contributed by atoms with Gasteiger partial charge in [-0.25, -0.2) is 13.2 Å². The Morgan fingerprint density at radius 3 is 2.60 bits per heavy atom. The Bertz CT molecular complexity index is 1040. The van der Waals surface area contributed by atoms with Crippen molar-refractivity contribution in [2.45, 2.75) is 18.7 Å². The summed E-state index contributed by atoms with van der Waals surface area (Å²) in [5.74, 6) is 0.0114. The van der Waals surface area contributed by atoms with Gasteiger partial charge in [0.15, 0.2) is 6.61 Å². The normalized spacial score (nSPS) is 15.0. The van der Waals surface area contributed by atoms with Crippen molar-refractivity contribution in [3.63, 3.8) is 0 Å². The fraction of sp³-hybridized carbons (Fsp3) is 0.368. The quantitative estimate of drug-likeness (QED) is 0.625. The molecule has 0 bridgehead atoms. The second-order valence-electron chi connectivity index (χ2n) is 6.69. The second kappa shape index (κ2) is 9.69. The van der Waals surface area contributed by atoms with Crippen LogP contribution in [0, 0.1) is 13.8 Å². The third-order valence-electron chi connectivity index (χ3n) is 4.43. The van der Waals surface area contributed by atoms with Gasteiger partial charge in [-0.1, -0.05) is 17.7 Å². The lowest BCUT2D eigenvalue weighted by atomic mass is 10.1. The Kier molecular flexibility index (Phi) is 7.46. The number of esters is 1. The Morgan fingerprint density at radius 1 is 1.23 bits per heavy atom. The van der Waals surface area contributed by atoms with Gasteiger partial charge in [0.1, 0.15) is 9.77 Å². The van der Waals surface area contributed by atoms with E-state index < -0.39 is 28.5 Å². The van der Waals surface area contributed by atoms with Crippen LogP contribution >= 0.6 is 34.7 Å².